The van der Waals surface area contributed by atoms with Gasteiger partial charge in [0.25, 0.3) is 0 Å². The van der Waals surface area contributed by atoms with Gasteiger partial charge in [-0.25, -0.2) is 0 Å². The fraction of sp³-hybridized carbons (Fsp3) is 0.571. The first-order chi connectivity index (χ1) is 7.47. The molecule has 0 aliphatic rings. The van der Waals surface area contributed by atoms with E-state index in [1.54, 1.807) is 7.11 Å². The maximum atomic E-state index is 5.80. The minimum Gasteiger partial charge on any atom is -0.496 e. The number of rotatable bonds is 4. The Balaban J connectivity index is 3.03. The van der Waals surface area contributed by atoms with E-state index < -0.39 is 0 Å². The Labute approximate surface area is 98.8 Å². The SMILES string of the molecule is COc1c(C)cc(CCC(C)N)c(C)c1C. The van der Waals surface area contributed by atoms with Crippen LogP contribution in [0.5, 0.6) is 5.75 Å². The molecule has 0 saturated carbocycles. The molecule has 0 bridgehead atoms. The highest BCUT2D eigenvalue weighted by Gasteiger charge is 2.10. The number of methoxy groups -OCH3 is 1. The van der Waals surface area contributed by atoms with Crippen LogP contribution < -0.4 is 10.5 Å². The number of hydrogen-bond acceptors (Lipinski definition) is 2. The van der Waals surface area contributed by atoms with Crippen LogP contribution in [0.2, 0.25) is 0 Å². The van der Waals surface area contributed by atoms with Gasteiger partial charge < -0.3 is 10.5 Å². The van der Waals surface area contributed by atoms with Crippen LogP contribution in [-0.2, 0) is 6.42 Å². The lowest BCUT2D eigenvalue weighted by molar-refractivity contribution is 0.408. The fourth-order valence-corrected chi connectivity index (χ4v) is 2.10. The molecule has 0 heterocycles. The third-order valence-corrected chi connectivity index (χ3v) is 3.21. The highest BCUT2D eigenvalue weighted by molar-refractivity contribution is 5.49. The lowest BCUT2D eigenvalue weighted by atomic mass is 9.95. The minimum atomic E-state index is 0.266. The molecule has 2 nitrogen and oxygen atoms in total. The number of aryl methyl sites for hydroxylation is 2. The molecule has 1 atom stereocenters. The smallest absolute Gasteiger partial charge is 0.124 e. The Kier molecular flexibility index (Phi) is 4.36. The van der Waals surface area contributed by atoms with Gasteiger partial charge in [0.1, 0.15) is 5.75 Å². The highest BCUT2D eigenvalue weighted by Crippen LogP contribution is 2.29. The number of hydrogen-bond donors (Lipinski definition) is 1. The zero-order valence-electron chi connectivity index (χ0n) is 11.1. The quantitative estimate of drug-likeness (QED) is 0.848. The van der Waals surface area contributed by atoms with Crippen molar-refractivity contribution in [3.8, 4) is 5.75 Å². The number of benzene rings is 1. The van der Waals surface area contributed by atoms with Crippen molar-refractivity contribution in [2.45, 2.75) is 46.6 Å². The molecule has 1 unspecified atom stereocenters. The van der Waals surface area contributed by atoms with Crippen LogP contribution in [0.1, 0.15) is 35.6 Å². The van der Waals surface area contributed by atoms with Crippen molar-refractivity contribution < 1.29 is 4.74 Å². The van der Waals surface area contributed by atoms with Gasteiger partial charge in [0.05, 0.1) is 7.11 Å². The predicted octanol–water partition coefficient (Wildman–Crippen LogP) is 2.90. The summed E-state index contributed by atoms with van der Waals surface area (Å²) in [4.78, 5) is 0. The Hall–Kier alpha value is -1.02. The first-order valence-electron chi connectivity index (χ1n) is 5.86. The van der Waals surface area contributed by atoms with Gasteiger partial charge in [0.15, 0.2) is 0 Å². The molecule has 0 radical (unpaired) electrons. The highest BCUT2D eigenvalue weighted by atomic mass is 16.5. The monoisotopic (exact) mass is 221 g/mol. The molecular weight excluding hydrogens is 198 g/mol. The molecule has 2 N–H and O–H groups in total. The van der Waals surface area contributed by atoms with Gasteiger partial charge in [0, 0.05) is 6.04 Å². The van der Waals surface area contributed by atoms with Crippen molar-refractivity contribution in [1.29, 1.82) is 0 Å². The first kappa shape index (κ1) is 13.0. The van der Waals surface area contributed by atoms with Gasteiger partial charge >= 0.3 is 0 Å². The van der Waals surface area contributed by atoms with E-state index in [9.17, 15) is 0 Å². The maximum Gasteiger partial charge on any atom is 0.124 e. The van der Waals surface area contributed by atoms with Crippen LogP contribution >= 0.6 is 0 Å². The summed E-state index contributed by atoms with van der Waals surface area (Å²) in [5.41, 5.74) is 11.0. The topological polar surface area (TPSA) is 35.2 Å². The van der Waals surface area contributed by atoms with Gasteiger partial charge in [-0.2, -0.15) is 0 Å². The average Bonchev–Trinajstić information content (AvgIpc) is 2.22. The van der Waals surface area contributed by atoms with E-state index >= 15 is 0 Å². The van der Waals surface area contributed by atoms with E-state index in [4.69, 9.17) is 10.5 Å². The summed E-state index contributed by atoms with van der Waals surface area (Å²) in [6, 6.07) is 2.49. The van der Waals surface area contributed by atoms with Gasteiger partial charge in [-0.05, 0) is 62.8 Å². The second kappa shape index (κ2) is 5.35. The zero-order valence-corrected chi connectivity index (χ0v) is 11.1. The van der Waals surface area contributed by atoms with Gasteiger partial charge in [-0.15, -0.1) is 0 Å². The van der Waals surface area contributed by atoms with Crippen molar-refractivity contribution in [3.05, 3.63) is 28.3 Å². The predicted molar refractivity (Wildman–Crippen MR) is 69.2 cm³/mol. The second-order valence-electron chi connectivity index (χ2n) is 4.65. The van der Waals surface area contributed by atoms with Crippen molar-refractivity contribution in [2.75, 3.05) is 7.11 Å². The Morgan fingerprint density at radius 1 is 1.25 bits per heavy atom. The first-order valence-corrected chi connectivity index (χ1v) is 5.86. The maximum absolute atomic E-state index is 5.80. The summed E-state index contributed by atoms with van der Waals surface area (Å²) in [5.74, 6) is 1.02. The molecule has 1 rings (SSSR count). The molecule has 90 valence electrons. The Bertz CT molecular complexity index is 369. The summed E-state index contributed by atoms with van der Waals surface area (Å²) in [5, 5.41) is 0. The third kappa shape index (κ3) is 2.76. The molecule has 2 heteroatoms. The molecule has 0 spiro atoms. The van der Waals surface area contributed by atoms with Crippen LogP contribution in [0, 0.1) is 20.8 Å². The standard InChI is InChI=1S/C14H23NO/c1-9-8-13(7-6-10(2)15)11(3)12(4)14(9)16-5/h8,10H,6-7,15H2,1-5H3. The van der Waals surface area contributed by atoms with E-state index in [2.05, 4.69) is 33.8 Å². The molecule has 0 amide bonds. The fourth-order valence-electron chi connectivity index (χ4n) is 2.10. The third-order valence-electron chi connectivity index (χ3n) is 3.21. The lowest BCUT2D eigenvalue weighted by Crippen LogP contribution is -2.15. The van der Waals surface area contributed by atoms with Crippen LogP contribution in [-0.4, -0.2) is 13.2 Å². The van der Waals surface area contributed by atoms with E-state index in [-0.39, 0.29) is 6.04 Å². The minimum absolute atomic E-state index is 0.266. The van der Waals surface area contributed by atoms with E-state index in [1.165, 1.54) is 22.3 Å². The van der Waals surface area contributed by atoms with Crippen molar-refractivity contribution in [2.24, 2.45) is 5.73 Å². The normalized spacial score (nSPS) is 12.6. The molecule has 0 saturated heterocycles. The summed E-state index contributed by atoms with van der Waals surface area (Å²) in [7, 11) is 1.73. The molecule has 0 fully saturated rings. The van der Waals surface area contributed by atoms with Crippen LogP contribution in [0.3, 0.4) is 0 Å². The van der Waals surface area contributed by atoms with E-state index in [0.717, 1.165) is 18.6 Å². The molecule has 16 heavy (non-hydrogen) atoms. The van der Waals surface area contributed by atoms with Gasteiger partial charge in [-0.3, -0.25) is 0 Å². The number of nitrogens with two attached hydrogens (primary N) is 1. The zero-order chi connectivity index (χ0) is 12.3. The van der Waals surface area contributed by atoms with E-state index in [0.29, 0.717) is 0 Å². The molecule has 1 aromatic rings. The Morgan fingerprint density at radius 2 is 1.88 bits per heavy atom. The number of ether oxygens (including phenoxy) is 1. The van der Waals surface area contributed by atoms with Gasteiger partial charge in [-0.1, -0.05) is 6.07 Å². The van der Waals surface area contributed by atoms with Gasteiger partial charge in [0.2, 0.25) is 0 Å². The average molecular weight is 221 g/mol. The van der Waals surface area contributed by atoms with Crippen LogP contribution in [0.15, 0.2) is 6.07 Å². The summed E-state index contributed by atoms with van der Waals surface area (Å²) >= 11 is 0. The largest absolute Gasteiger partial charge is 0.496 e. The summed E-state index contributed by atoms with van der Waals surface area (Å²) in [6.45, 7) is 8.43. The van der Waals surface area contributed by atoms with E-state index in [1.807, 2.05) is 0 Å². The Morgan fingerprint density at radius 3 is 2.38 bits per heavy atom. The molecule has 1 aromatic carbocycles. The molecule has 0 aromatic heterocycles. The molecular formula is C14H23NO. The summed E-state index contributed by atoms with van der Waals surface area (Å²) < 4.78 is 5.41. The van der Waals surface area contributed by atoms with Crippen molar-refractivity contribution in [1.82, 2.24) is 0 Å². The van der Waals surface area contributed by atoms with Crippen molar-refractivity contribution in [3.63, 3.8) is 0 Å². The molecule has 0 aliphatic heterocycles. The summed E-state index contributed by atoms with van der Waals surface area (Å²) in [6.07, 6.45) is 2.08. The van der Waals surface area contributed by atoms with Crippen LogP contribution in [0.25, 0.3) is 0 Å². The lowest BCUT2D eigenvalue weighted by Gasteiger charge is -2.16. The molecule has 0 aliphatic carbocycles. The second-order valence-corrected chi connectivity index (χ2v) is 4.65. The van der Waals surface area contributed by atoms with Crippen molar-refractivity contribution >= 4 is 0 Å². The van der Waals surface area contributed by atoms with Crippen LogP contribution in [0.4, 0.5) is 0 Å².